The van der Waals surface area contributed by atoms with Gasteiger partial charge >= 0.3 is 5.97 Å². The zero-order chi connectivity index (χ0) is 14.6. The molecular formula is C15H22O4. The zero-order valence-electron chi connectivity index (χ0n) is 12.1. The molecule has 19 heavy (non-hydrogen) atoms. The summed E-state index contributed by atoms with van der Waals surface area (Å²) in [5, 5.41) is 9.42. The van der Waals surface area contributed by atoms with Crippen LogP contribution in [0.4, 0.5) is 0 Å². The number of ether oxygens (including phenoxy) is 2. The van der Waals surface area contributed by atoms with Crippen molar-refractivity contribution < 1.29 is 19.4 Å². The highest BCUT2D eigenvalue weighted by Crippen LogP contribution is 2.22. The van der Waals surface area contributed by atoms with Gasteiger partial charge in [0, 0.05) is 0 Å². The number of carbonyl (C=O) groups is 1. The second-order valence-corrected chi connectivity index (χ2v) is 5.31. The van der Waals surface area contributed by atoms with Crippen molar-refractivity contribution in [2.24, 2.45) is 0 Å². The molecule has 4 heteroatoms. The van der Waals surface area contributed by atoms with E-state index in [1.807, 2.05) is 0 Å². The van der Waals surface area contributed by atoms with Crippen LogP contribution in [0.25, 0.3) is 0 Å². The Kier molecular flexibility index (Phi) is 4.95. The first-order valence-corrected chi connectivity index (χ1v) is 6.40. The molecule has 0 saturated carbocycles. The van der Waals surface area contributed by atoms with Gasteiger partial charge in [-0.15, -0.1) is 0 Å². The molecule has 0 fully saturated rings. The molecule has 1 atom stereocenters. The summed E-state index contributed by atoms with van der Waals surface area (Å²) < 4.78 is 10.8. The van der Waals surface area contributed by atoms with Crippen molar-refractivity contribution in [1.82, 2.24) is 0 Å². The van der Waals surface area contributed by atoms with Crippen molar-refractivity contribution in [3.63, 3.8) is 0 Å². The smallest absolute Gasteiger partial charge is 0.350 e. The molecule has 1 aromatic rings. The van der Waals surface area contributed by atoms with Gasteiger partial charge in [-0.25, -0.2) is 4.79 Å². The van der Waals surface area contributed by atoms with Gasteiger partial charge in [-0.05, 0) is 52.3 Å². The molecule has 4 nitrogen and oxygen atoms in total. The minimum absolute atomic E-state index is 0.173. The minimum Gasteiger partial charge on any atom is -0.476 e. The van der Waals surface area contributed by atoms with E-state index in [0.717, 1.165) is 5.56 Å². The third-order valence-electron chi connectivity index (χ3n) is 2.57. The van der Waals surface area contributed by atoms with Crippen LogP contribution in [-0.4, -0.2) is 22.8 Å². The van der Waals surface area contributed by atoms with Crippen LogP contribution in [0, 0.1) is 0 Å². The third kappa shape index (κ3) is 4.56. The fourth-order valence-electron chi connectivity index (χ4n) is 1.51. The van der Waals surface area contributed by atoms with E-state index in [4.69, 9.17) is 9.47 Å². The Bertz CT molecular complexity index is 418. The Labute approximate surface area is 114 Å². The molecule has 0 spiro atoms. The summed E-state index contributed by atoms with van der Waals surface area (Å²) in [6, 6.07) is 6.99. The fourth-order valence-corrected chi connectivity index (χ4v) is 1.51. The van der Waals surface area contributed by atoms with Crippen molar-refractivity contribution in [1.29, 1.82) is 0 Å². The quantitative estimate of drug-likeness (QED) is 0.833. The summed E-state index contributed by atoms with van der Waals surface area (Å²) in [4.78, 5) is 11.9. The van der Waals surface area contributed by atoms with E-state index in [2.05, 4.69) is 0 Å². The van der Waals surface area contributed by atoms with Gasteiger partial charge < -0.3 is 14.6 Å². The molecule has 0 aliphatic heterocycles. The number of aliphatic hydroxyl groups excluding tert-OH is 1. The highest BCUT2D eigenvalue weighted by molar-refractivity contribution is 5.79. The first-order valence-electron chi connectivity index (χ1n) is 6.40. The van der Waals surface area contributed by atoms with E-state index < -0.39 is 17.7 Å². The SMILES string of the molecule is CC(C)OC(=O)C(C)(C)Oc1ccc(C(C)O)cc1. The normalized spacial score (nSPS) is 13.2. The number of esters is 1. The summed E-state index contributed by atoms with van der Waals surface area (Å²) in [7, 11) is 0. The lowest BCUT2D eigenvalue weighted by Crippen LogP contribution is -2.40. The van der Waals surface area contributed by atoms with Gasteiger partial charge in [0.25, 0.3) is 0 Å². The molecule has 0 heterocycles. The Morgan fingerprint density at radius 2 is 1.68 bits per heavy atom. The lowest BCUT2D eigenvalue weighted by atomic mass is 10.1. The number of aliphatic hydroxyl groups is 1. The van der Waals surface area contributed by atoms with Crippen molar-refractivity contribution in [3.05, 3.63) is 29.8 Å². The van der Waals surface area contributed by atoms with Gasteiger partial charge in [-0.1, -0.05) is 12.1 Å². The highest BCUT2D eigenvalue weighted by Gasteiger charge is 2.32. The Hall–Kier alpha value is -1.55. The van der Waals surface area contributed by atoms with E-state index >= 15 is 0 Å². The lowest BCUT2D eigenvalue weighted by Gasteiger charge is -2.25. The first-order chi connectivity index (χ1) is 8.72. The molecule has 106 valence electrons. The molecule has 1 N–H and O–H groups in total. The molecule has 1 rings (SSSR count). The molecule has 1 aromatic carbocycles. The second-order valence-electron chi connectivity index (χ2n) is 5.31. The van der Waals surface area contributed by atoms with Crippen molar-refractivity contribution in [2.75, 3.05) is 0 Å². The van der Waals surface area contributed by atoms with Gasteiger partial charge in [0.2, 0.25) is 0 Å². The topological polar surface area (TPSA) is 55.8 Å². The average Bonchev–Trinajstić information content (AvgIpc) is 2.28. The van der Waals surface area contributed by atoms with E-state index in [-0.39, 0.29) is 6.10 Å². The van der Waals surface area contributed by atoms with Crippen LogP contribution in [-0.2, 0) is 9.53 Å². The van der Waals surface area contributed by atoms with Gasteiger partial charge in [0.1, 0.15) is 5.75 Å². The lowest BCUT2D eigenvalue weighted by molar-refractivity contribution is -0.163. The largest absolute Gasteiger partial charge is 0.476 e. The zero-order valence-corrected chi connectivity index (χ0v) is 12.1. The fraction of sp³-hybridized carbons (Fsp3) is 0.533. The summed E-state index contributed by atoms with van der Waals surface area (Å²) in [6.45, 7) is 8.62. The van der Waals surface area contributed by atoms with Gasteiger partial charge in [-0.3, -0.25) is 0 Å². The van der Waals surface area contributed by atoms with E-state index in [1.165, 1.54) is 0 Å². The van der Waals surface area contributed by atoms with Gasteiger partial charge in [-0.2, -0.15) is 0 Å². The maximum absolute atomic E-state index is 11.9. The monoisotopic (exact) mass is 266 g/mol. The maximum atomic E-state index is 11.9. The standard InChI is InChI=1S/C15H22O4/c1-10(2)18-14(17)15(4,5)19-13-8-6-12(7-9-13)11(3)16/h6-11,16H,1-5H3. The van der Waals surface area contributed by atoms with E-state index in [9.17, 15) is 9.90 Å². The van der Waals surface area contributed by atoms with Crippen molar-refractivity contribution >= 4 is 5.97 Å². The molecule has 0 saturated heterocycles. The molecule has 0 aliphatic rings. The number of rotatable bonds is 5. The van der Waals surface area contributed by atoms with Crippen LogP contribution in [0.5, 0.6) is 5.75 Å². The molecule has 0 bridgehead atoms. The molecule has 0 radical (unpaired) electrons. The Morgan fingerprint density at radius 1 is 1.16 bits per heavy atom. The maximum Gasteiger partial charge on any atom is 0.350 e. The van der Waals surface area contributed by atoms with Crippen LogP contribution < -0.4 is 4.74 Å². The molecule has 0 amide bonds. The van der Waals surface area contributed by atoms with Crippen LogP contribution in [0.3, 0.4) is 0 Å². The average molecular weight is 266 g/mol. The molecular weight excluding hydrogens is 244 g/mol. The molecule has 0 aromatic heterocycles. The summed E-state index contributed by atoms with van der Waals surface area (Å²) >= 11 is 0. The molecule has 0 aliphatic carbocycles. The predicted octanol–water partition coefficient (Wildman–Crippen LogP) is 2.85. The number of hydrogen-bond acceptors (Lipinski definition) is 4. The van der Waals surface area contributed by atoms with Crippen LogP contribution in [0.1, 0.15) is 46.3 Å². The van der Waals surface area contributed by atoms with Gasteiger partial charge in [0.05, 0.1) is 12.2 Å². The van der Waals surface area contributed by atoms with Gasteiger partial charge in [0.15, 0.2) is 5.60 Å². The summed E-state index contributed by atoms with van der Waals surface area (Å²) in [5.74, 6) is 0.164. The van der Waals surface area contributed by atoms with E-state index in [0.29, 0.717) is 5.75 Å². The second kappa shape index (κ2) is 6.06. The molecule has 1 unspecified atom stereocenters. The Morgan fingerprint density at radius 3 is 2.11 bits per heavy atom. The Balaban J connectivity index is 2.74. The van der Waals surface area contributed by atoms with E-state index in [1.54, 1.807) is 58.9 Å². The van der Waals surface area contributed by atoms with Crippen molar-refractivity contribution in [2.45, 2.75) is 52.4 Å². The third-order valence-corrected chi connectivity index (χ3v) is 2.57. The van der Waals surface area contributed by atoms with Crippen LogP contribution in [0.15, 0.2) is 24.3 Å². The number of carbonyl (C=O) groups excluding carboxylic acids is 1. The highest BCUT2D eigenvalue weighted by atomic mass is 16.6. The van der Waals surface area contributed by atoms with Crippen LogP contribution in [0.2, 0.25) is 0 Å². The number of hydrogen-bond donors (Lipinski definition) is 1. The predicted molar refractivity (Wildman–Crippen MR) is 73.0 cm³/mol. The van der Waals surface area contributed by atoms with Crippen LogP contribution >= 0.6 is 0 Å². The minimum atomic E-state index is -1.05. The summed E-state index contributed by atoms with van der Waals surface area (Å²) in [5.41, 5.74) is -0.244. The summed E-state index contributed by atoms with van der Waals surface area (Å²) in [6.07, 6.45) is -0.694. The number of benzene rings is 1. The first kappa shape index (κ1) is 15.5. The van der Waals surface area contributed by atoms with Crippen molar-refractivity contribution in [3.8, 4) is 5.75 Å².